The maximum atomic E-state index is 12.0. The van der Waals surface area contributed by atoms with E-state index >= 15 is 0 Å². The van der Waals surface area contributed by atoms with Gasteiger partial charge in [-0.25, -0.2) is 4.98 Å². The number of benzene rings is 1. The number of aromatic nitrogens is 1. The van der Waals surface area contributed by atoms with Gasteiger partial charge in [0.25, 0.3) is 11.6 Å². The molecule has 0 aliphatic carbocycles. The van der Waals surface area contributed by atoms with Crippen LogP contribution >= 0.6 is 22.9 Å². The molecule has 1 aromatic heterocycles. The first-order valence-electron chi connectivity index (χ1n) is 5.61. The number of hydrogen-bond acceptors (Lipinski definition) is 5. The summed E-state index contributed by atoms with van der Waals surface area (Å²) in [7, 11) is 0. The molecule has 0 spiro atoms. The third kappa shape index (κ3) is 3.31. The molecule has 8 heteroatoms. The molecular formula is C12H10ClN3O3S. The summed E-state index contributed by atoms with van der Waals surface area (Å²) in [5.74, 6) is -0.454. The normalized spacial score (nSPS) is 10.3. The van der Waals surface area contributed by atoms with E-state index in [0.717, 1.165) is 16.0 Å². The Balaban J connectivity index is 2.12. The Morgan fingerprint density at radius 1 is 1.55 bits per heavy atom. The highest BCUT2D eigenvalue weighted by molar-refractivity contribution is 7.11. The van der Waals surface area contributed by atoms with Gasteiger partial charge in [-0.3, -0.25) is 14.9 Å². The molecular weight excluding hydrogens is 302 g/mol. The molecule has 2 rings (SSSR count). The van der Waals surface area contributed by atoms with Crippen molar-refractivity contribution < 1.29 is 9.72 Å². The summed E-state index contributed by atoms with van der Waals surface area (Å²) in [6.45, 7) is 2.18. The number of nitrogens with one attached hydrogen (secondary N) is 1. The predicted molar refractivity (Wildman–Crippen MR) is 76.1 cm³/mol. The minimum atomic E-state index is -0.570. The fraction of sp³-hybridized carbons (Fsp3) is 0.167. The molecule has 0 aliphatic rings. The van der Waals surface area contributed by atoms with Crippen LogP contribution < -0.4 is 5.32 Å². The van der Waals surface area contributed by atoms with E-state index in [1.807, 2.05) is 6.92 Å². The molecule has 0 unspecified atom stereocenters. The fourth-order valence-corrected chi connectivity index (χ4v) is 2.49. The standard InChI is InChI=1S/C12H10ClN3O3S/c1-7-14-5-9(20-7)6-15-12(17)10-4-8(16(18)19)2-3-11(10)13/h2-5H,6H2,1H3,(H,15,17). The van der Waals surface area contributed by atoms with Gasteiger partial charge < -0.3 is 5.32 Å². The van der Waals surface area contributed by atoms with Crippen LogP contribution in [0.2, 0.25) is 5.02 Å². The van der Waals surface area contributed by atoms with Crippen molar-refractivity contribution >= 4 is 34.5 Å². The van der Waals surface area contributed by atoms with Crippen molar-refractivity contribution in [3.63, 3.8) is 0 Å². The first kappa shape index (κ1) is 14.4. The zero-order valence-corrected chi connectivity index (χ0v) is 12.0. The molecule has 1 N–H and O–H groups in total. The smallest absolute Gasteiger partial charge is 0.270 e. The van der Waals surface area contributed by atoms with Crippen molar-refractivity contribution in [3.8, 4) is 0 Å². The molecule has 0 aliphatic heterocycles. The van der Waals surface area contributed by atoms with Gasteiger partial charge in [-0.2, -0.15) is 0 Å². The molecule has 2 aromatic rings. The van der Waals surface area contributed by atoms with E-state index in [1.165, 1.54) is 23.5 Å². The Hall–Kier alpha value is -1.99. The van der Waals surface area contributed by atoms with Crippen molar-refractivity contribution in [2.45, 2.75) is 13.5 Å². The van der Waals surface area contributed by atoms with Gasteiger partial charge in [0.2, 0.25) is 0 Å². The number of hydrogen-bond donors (Lipinski definition) is 1. The van der Waals surface area contributed by atoms with Gasteiger partial charge in [0.05, 0.1) is 27.1 Å². The van der Waals surface area contributed by atoms with E-state index in [1.54, 1.807) is 6.20 Å². The lowest BCUT2D eigenvalue weighted by Crippen LogP contribution is -2.22. The number of non-ortho nitro benzene ring substituents is 1. The van der Waals surface area contributed by atoms with Crippen molar-refractivity contribution in [2.75, 3.05) is 0 Å². The van der Waals surface area contributed by atoms with Crippen molar-refractivity contribution in [1.82, 2.24) is 10.3 Å². The Morgan fingerprint density at radius 3 is 2.90 bits per heavy atom. The summed E-state index contributed by atoms with van der Waals surface area (Å²) >= 11 is 7.36. The third-order valence-electron chi connectivity index (χ3n) is 2.50. The van der Waals surface area contributed by atoms with Crippen LogP contribution in [0.5, 0.6) is 0 Å². The SMILES string of the molecule is Cc1ncc(CNC(=O)c2cc([N+](=O)[O-])ccc2Cl)s1. The zero-order valence-electron chi connectivity index (χ0n) is 10.4. The Bertz CT molecular complexity index is 672. The van der Waals surface area contributed by atoms with Crippen LogP contribution in [0.15, 0.2) is 24.4 Å². The molecule has 0 saturated carbocycles. The van der Waals surface area contributed by atoms with Crippen LogP contribution in [0.1, 0.15) is 20.2 Å². The van der Waals surface area contributed by atoms with Crippen LogP contribution in [0, 0.1) is 17.0 Å². The van der Waals surface area contributed by atoms with Crippen LogP contribution in [0.4, 0.5) is 5.69 Å². The second-order valence-corrected chi connectivity index (χ2v) is 5.68. The molecule has 0 fully saturated rings. The Kier molecular flexibility index (Phi) is 4.31. The molecule has 6 nitrogen and oxygen atoms in total. The summed E-state index contributed by atoms with van der Waals surface area (Å²) in [5, 5.41) is 14.4. The third-order valence-corrected chi connectivity index (χ3v) is 3.74. The van der Waals surface area contributed by atoms with Gasteiger partial charge in [-0.05, 0) is 13.0 Å². The van der Waals surface area contributed by atoms with Gasteiger partial charge in [-0.15, -0.1) is 11.3 Å². The highest BCUT2D eigenvalue weighted by atomic mass is 35.5. The van der Waals surface area contributed by atoms with Gasteiger partial charge >= 0.3 is 0 Å². The Labute approximate surface area is 123 Å². The van der Waals surface area contributed by atoms with E-state index in [4.69, 9.17) is 11.6 Å². The molecule has 104 valence electrons. The van der Waals surface area contributed by atoms with Crippen LogP contribution in [-0.2, 0) is 6.54 Å². The number of carbonyl (C=O) groups excluding carboxylic acids is 1. The highest BCUT2D eigenvalue weighted by Crippen LogP contribution is 2.22. The van der Waals surface area contributed by atoms with E-state index in [-0.39, 0.29) is 16.3 Å². The molecule has 1 aromatic carbocycles. The Morgan fingerprint density at radius 2 is 2.30 bits per heavy atom. The van der Waals surface area contributed by atoms with Crippen LogP contribution in [0.25, 0.3) is 0 Å². The fourth-order valence-electron chi connectivity index (χ4n) is 1.55. The second-order valence-electron chi connectivity index (χ2n) is 3.95. The predicted octanol–water partition coefficient (Wildman–Crippen LogP) is 2.94. The van der Waals surface area contributed by atoms with Gasteiger partial charge in [0.15, 0.2) is 0 Å². The van der Waals surface area contributed by atoms with Crippen molar-refractivity contribution in [3.05, 3.63) is 55.0 Å². The average molecular weight is 312 g/mol. The number of amides is 1. The second kappa shape index (κ2) is 5.98. The van der Waals surface area contributed by atoms with Crippen molar-refractivity contribution in [1.29, 1.82) is 0 Å². The van der Waals surface area contributed by atoms with Crippen LogP contribution in [-0.4, -0.2) is 15.8 Å². The molecule has 0 atom stereocenters. The van der Waals surface area contributed by atoms with Gasteiger partial charge in [0, 0.05) is 23.2 Å². The molecule has 0 radical (unpaired) electrons. The van der Waals surface area contributed by atoms with E-state index in [0.29, 0.717) is 6.54 Å². The number of nitro groups is 1. The van der Waals surface area contributed by atoms with Crippen LogP contribution in [0.3, 0.4) is 0 Å². The summed E-state index contributed by atoms with van der Waals surface area (Å²) in [4.78, 5) is 27.1. The zero-order chi connectivity index (χ0) is 14.7. The number of halogens is 1. The van der Waals surface area contributed by atoms with E-state index in [9.17, 15) is 14.9 Å². The maximum Gasteiger partial charge on any atom is 0.270 e. The molecule has 20 heavy (non-hydrogen) atoms. The van der Waals surface area contributed by atoms with Gasteiger partial charge in [-0.1, -0.05) is 11.6 Å². The number of nitro benzene ring substituents is 1. The maximum absolute atomic E-state index is 12.0. The number of aryl methyl sites for hydroxylation is 1. The minimum Gasteiger partial charge on any atom is -0.347 e. The van der Waals surface area contributed by atoms with E-state index in [2.05, 4.69) is 10.3 Å². The molecule has 0 saturated heterocycles. The minimum absolute atomic E-state index is 0.0853. The first-order chi connectivity index (χ1) is 9.47. The van der Waals surface area contributed by atoms with Crippen molar-refractivity contribution in [2.24, 2.45) is 0 Å². The first-order valence-corrected chi connectivity index (χ1v) is 6.80. The number of carbonyl (C=O) groups is 1. The quantitative estimate of drug-likeness (QED) is 0.695. The summed E-state index contributed by atoms with van der Waals surface area (Å²) < 4.78 is 0. The topological polar surface area (TPSA) is 85.1 Å². The molecule has 1 amide bonds. The van der Waals surface area contributed by atoms with Gasteiger partial charge in [0.1, 0.15) is 0 Å². The lowest BCUT2D eigenvalue weighted by molar-refractivity contribution is -0.384. The average Bonchev–Trinajstić information content (AvgIpc) is 2.82. The largest absolute Gasteiger partial charge is 0.347 e. The number of rotatable bonds is 4. The molecule has 1 heterocycles. The molecule has 0 bridgehead atoms. The lowest BCUT2D eigenvalue weighted by Gasteiger charge is -2.05. The number of nitrogens with zero attached hydrogens (tertiary/aromatic N) is 2. The summed E-state index contributed by atoms with van der Waals surface area (Å²) in [5.41, 5.74) is -0.0877. The summed E-state index contributed by atoms with van der Waals surface area (Å²) in [6, 6.07) is 3.76. The van der Waals surface area contributed by atoms with E-state index < -0.39 is 10.8 Å². The number of thiazole rings is 1. The summed E-state index contributed by atoms with van der Waals surface area (Å²) in [6.07, 6.45) is 1.68. The highest BCUT2D eigenvalue weighted by Gasteiger charge is 2.15. The lowest BCUT2D eigenvalue weighted by atomic mass is 10.2. The monoisotopic (exact) mass is 311 g/mol.